The van der Waals surface area contributed by atoms with Crippen molar-refractivity contribution in [3.8, 4) is 0 Å². The van der Waals surface area contributed by atoms with Crippen molar-refractivity contribution in [3.05, 3.63) is 11.3 Å². The maximum atomic E-state index is 11.6. The third-order valence-electron chi connectivity index (χ3n) is 3.94. The van der Waals surface area contributed by atoms with E-state index in [1.165, 1.54) is 11.3 Å². The zero-order chi connectivity index (χ0) is 10.5. The molecule has 0 spiro atoms. The minimum Gasteiger partial charge on any atom is -0.319 e. The molecule has 2 atom stereocenters. The lowest BCUT2D eigenvalue weighted by molar-refractivity contribution is -0.126. The summed E-state index contributed by atoms with van der Waals surface area (Å²) in [6, 6.07) is 0. The lowest BCUT2D eigenvalue weighted by atomic mass is 9.54. The van der Waals surface area contributed by atoms with Crippen LogP contribution in [0, 0.1) is 5.92 Å². The molecule has 0 N–H and O–H groups in total. The molecule has 0 saturated carbocycles. The molecule has 2 unspecified atom stereocenters. The number of carbonyl (C=O) groups excluding carboxylic acids is 1. The van der Waals surface area contributed by atoms with Gasteiger partial charge in [0.15, 0.2) is 0 Å². The van der Waals surface area contributed by atoms with E-state index in [4.69, 9.17) is 7.85 Å². The molecule has 0 saturated heterocycles. The second kappa shape index (κ2) is 2.88. The van der Waals surface area contributed by atoms with Crippen molar-refractivity contribution in [3.63, 3.8) is 0 Å². The van der Waals surface area contributed by atoms with Gasteiger partial charge in [0.05, 0.1) is 7.85 Å². The topological polar surface area (TPSA) is 20.3 Å². The summed E-state index contributed by atoms with van der Waals surface area (Å²) in [6.07, 6.45) is 2.62. The molecule has 1 amide bonds. The van der Waals surface area contributed by atoms with Crippen molar-refractivity contribution in [2.75, 3.05) is 7.05 Å². The predicted molar refractivity (Wildman–Crippen MR) is 56.9 cm³/mol. The molecule has 2 rings (SSSR count). The summed E-state index contributed by atoms with van der Waals surface area (Å²) in [6.45, 7) is 4.23. The first-order valence-corrected chi connectivity index (χ1v) is 5.22. The SMILES string of the molecule is [B]C1(C)C2=C(CCC1C)N(C)C(=O)C2. The van der Waals surface area contributed by atoms with Gasteiger partial charge < -0.3 is 4.90 Å². The Labute approximate surface area is 86.8 Å². The summed E-state index contributed by atoms with van der Waals surface area (Å²) >= 11 is 0. The van der Waals surface area contributed by atoms with Crippen LogP contribution in [0.15, 0.2) is 11.3 Å². The largest absolute Gasteiger partial charge is 0.319 e. The molecule has 0 fully saturated rings. The summed E-state index contributed by atoms with van der Waals surface area (Å²) in [5, 5.41) is -0.284. The molecule has 1 aliphatic heterocycles. The summed E-state index contributed by atoms with van der Waals surface area (Å²) in [5.74, 6) is 0.668. The van der Waals surface area contributed by atoms with Crippen LogP contribution in [0.3, 0.4) is 0 Å². The van der Waals surface area contributed by atoms with E-state index >= 15 is 0 Å². The number of allylic oxidation sites excluding steroid dienone is 1. The third-order valence-corrected chi connectivity index (χ3v) is 3.94. The number of amides is 1. The molecule has 74 valence electrons. The van der Waals surface area contributed by atoms with Gasteiger partial charge in [-0.25, -0.2) is 0 Å². The van der Waals surface area contributed by atoms with Crippen molar-refractivity contribution >= 4 is 13.8 Å². The van der Waals surface area contributed by atoms with Gasteiger partial charge in [0.25, 0.3) is 0 Å². The number of nitrogens with zero attached hydrogens (tertiary/aromatic N) is 1. The van der Waals surface area contributed by atoms with Crippen LogP contribution in [0.5, 0.6) is 0 Å². The van der Waals surface area contributed by atoms with Crippen LogP contribution in [0.25, 0.3) is 0 Å². The standard InChI is InChI=1S/C11H16BNO/c1-7-4-5-9-8(11(7,2)12)6-10(14)13(9)3/h7H,4-6H2,1-3H3. The summed E-state index contributed by atoms with van der Waals surface area (Å²) < 4.78 is 0. The Hall–Kier alpha value is -0.725. The van der Waals surface area contributed by atoms with E-state index in [1.807, 2.05) is 7.05 Å². The first-order valence-electron chi connectivity index (χ1n) is 5.22. The number of rotatable bonds is 0. The van der Waals surface area contributed by atoms with Gasteiger partial charge in [-0.3, -0.25) is 4.79 Å². The first-order chi connectivity index (χ1) is 6.44. The van der Waals surface area contributed by atoms with Gasteiger partial charge in [0.1, 0.15) is 0 Å². The molecule has 14 heavy (non-hydrogen) atoms. The maximum Gasteiger partial charge on any atom is 0.230 e. The van der Waals surface area contributed by atoms with Gasteiger partial charge in [-0.05, 0) is 29.6 Å². The van der Waals surface area contributed by atoms with Crippen LogP contribution >= 0.6 is 0 Å². The smallest absolute Gasteiger partial charge is 0.230 e. The van der Waals surface area contributed by atoms with Crippen molar-refractivity contribution in [1.29, 1.82) is 0 Å². The van der Waals surface area contributed by atoms with E-state index in [9.17, 15) is 4.79 Å². The molecular weight excluding hydrogens is 173 g/mol. The minimum absolute atomic E-state index is 0.195. The van der Waals surface area contributed by atoms with Gasteiger partial charge in [0.2, 0.25) is 5.91 Å². The van der Waals surface area contributed by atoms with Gasteiger partial charge in [-0.2, -0.15) is 0 Å². The van der Waals surface area contributed by atoms with Gasteiger partial charge in [0, 0.05) is 19.2 Å². The molecular formula is C11H16BNO. The molecule has 2 aliphatic rings. The molecule has 0 bridgehead atoms. The molecule has 1 heterocycles. The van der Waals surface area contributed by atoms with E-state index < -0.39 is 0 Å². The van der Waals surface area contributed by atoms with Crippen LogP contribution < -0.4 is 0 Å². The summed E-state index contributed by atoms with van der Waals surface area (Å²) in [5.41, 5.74) is 2.35. The Balaban J connectivity index is 2.42. The van der Waals surface area contributed by atoms with E-state index in [2.05, 4.69) is 13.8 Å². The molecule has 2 nitrogen and oxygen atoms in total. The fraction of sp³-hybridized carbons (Fsp3) is 0.727. The van der Waals surface area contributed by atoms with E-state index in [-0.39, 0.29) is 11.2 Å². The third kappa shape index (κ3) is 1.14. The van der Waals surface area contributed by atoms with Crippen molar-refractivity contribution in [1.82, 2.24) is 4.90 Å². The van der Waals surface area contributed by atoms with E-state index in [1.54, 1.807) is 4.90 Å². The zero-order valence-corrected chi connectivity index (χ0v) is 9.13. The first kappa shape index (κ1) is 9.82. The fourth-order valence-electron chi connectivity index (χ4n) is 2.50. The number of carbonyl (C=O) groups is 1. The van der Waals surface area contributed by atoms with Crippen molar-refractivity contribution in [2.24, 2.45) is 5.92 Å². The predicted octanol–water partition coefficient (Wildman–Crippen LogP) is 1.88. The minimum atomic E-state index is -0.284. The van der Waals surface area contributed by atoms with Crippen LogP contribution in [0.2, 0.25) is 5.31 Å². The highest BCUT2D eigenvalue weighted by Crippen LogP contribution is 2.52. The second-order valence-electron chi connectivity index (χ2n) is 4.78. The van der Waals surface area contributed by atoms with Gasteiger partial charge in [-0.15, -0.1) is 0 Å². The van der Waals surface area contributed by atoms with Crippen LogP contribution in [0.4, 0.5) is 0 Å². The monoisotopic (exact) mass is 189 g/mol. The maximum absolute atomic E-state index is 11.6. The molecule has 3 heteroatoms. The lowest BCUT2D eigenvalue weighted by Crippen LogP contribution is -2.26. The zero-order valence-electron chi connectivity index (χ0n) is 9.13. The van der Waals surface area contributed by atoms with Crippen LogP contribution in [-0.4, -0.2) is 25.7 Å². The Kier molecular flexibility index (Phi) is 2.02. The summed E-state index contributed by atoms with van der Waals surface area (Å²) in [7, 11) is 8.15. The fourth-order valence-corrected chi connectivity index (χ4v) is 2.50. The number of hydrogen-bond acceptors (Lipinski definition) is 1. The Morgan fingerprint density at radius 3 is 2.86 bits per heavy atom. The molecule has 0 aromatic carbocycles. The molecule has 0 aromatic rings. The van der Waals surface area contributed by atoms with Crippen LogP contribution in [-0.2, 0) is 4.79 Å². The Morgan fingerprint density at radius 2 is 2.21 bits per heavy atom. The molecule has 1 aliphatic carbocycles. The van der Waals surface area contributed by atoms with Crippen LogP contribution in [0.1, 0.15) is 33.1 Å². The number of hydrogen-bond donors (Lipinski definition) is 0. The highest BCUT2D eigenvalue weighted by atomic mass is 16.2. The van der Waals surface area contributed by atoms with E-state index in [0.29, 0.717) is 12.3 Å². The van der Waals surface area contributed by atoms with E-state index in [0.717, 1.165) is 12.8 Å². The highest BCUT2D eigenvalue weighted by molar-refractivity contribution is 6.18. The van der Waals surface area contributed by atoms with Crippen molar-refractivity contribution in [2.45, 2.75) is 38.4 Å². The molecule has 0 aromatic heterocycles. The lowest BCUT2D eigenvalue weighted by Gasteiger charge is -2.39. The quantitative estimate of drug-likeness (QED) is 0.532. The second-order valence-corrected chi connectivity index (χ2v) is 4.78. The normalized spacial score (nSPS) is 37.8. The highest BCUT2D eigenvalue weighted by Gasteiger charge is 2.41. The average Bonchev–Trinajstić information content (AvgIpc) is 2.39. The van der Waals surface area contributed by atoms with Crippen molar-refractivity contribution < 1.29 is 4.79 Å². The molecule has 2 radical (unpaired) electrons. The average molecular weight is 189 g/mol. The van der Waals surface area contributed by atoms with Gasteiger partial charge >= 0.3 is 0 Å². The Bertz CT molecular complexity index is 319. The summed E-state index contributed by atoms with van der Waals surface area (Å²) in [4.78, 5) is 13.3. The van der Waals surface area contributed by atoms with Gasteiger partial charge in [-0.1, -0.05) is 13.8 Å². The Morgan fingerprint density at radius 1 is 1.57 bits per heavy atom.